The number of ether oxygens (including phenoxy) is 3. The predicted molar refractivity (Wildman–Crippen MR) is 184 cm³/mol. The van der Waals surface area contributed by atoms with Crippen LogP contribution in [-0.2, 0) is 22.7 Å². The van der Waals surface area contributed by atoms with Gasteiger partial charge in [-0.25, -0.2) is 14.4 Å². The minimum Gasteiger partial charge on any atom is -0.495 e. The highest BCUT2D eigenvalue weighted by Crippen LogP contribution is 2.41. The molecule has 11 nitrogen and oxygen atoms in total. The van der Waals surface area contributed by atoms with Gasteiger partial charge in [0.25, 0.3) is 0 Å². The standard InChI is InChI=1S/C37H41FN6O5/c1-47-35-27(7-5-9-29(35)31-15-11-23(37(44-31)49-3)19-40-21-25-13-17-33(46)42-25)26-6-4-8-28(34(26)38)30-14-10-22(36(43-30)48-2)18-39-20-24-12-16-32(45)41-24/h4-11,14-15,24-25,39-40H,12-13,16-21H2,1-3H3,(H,41,45)(H,42,46)/t24-,25-/m0/s1. The summed E-state index contributed by atoms with van der Waals surface area (Å²) in [5.74, 6) is 1.05. The van der Waals surface area contributed by atoms with Gasteiger partial charge >= 0.3 is 0 Å². The molecule has 4 aromatic rings. The average Bonchev–Trinajstić information content (AvgIpc) is 3.74. The van der Waals surface area contributed by atoms with Crippen molar-refractivity contribution in [2.24, 2.45) is 0 Å². The van der Waals surface area contributed by atoms with Crippen molar-refractivity contribution in [2.45, 2.75) is 50.9 Å². The Balaban J connectivity index is 1.23. The van der Waals surface area contributed by atoms with Crippen molar-refractivity contribution in [3.05, 3.63) is 77.6 Å². The maximum atomic E-state index is 16.4. The van der Waals surface area contributed by atoms with Crippen LogP contribution >= 0.6 is 0 Å². The molecule has 0 aliphatic carbocycles. The molecule has 0 bridgehead atoms. The topological polar surface area (TPSA) is 136 Å². The maximum absolute atomic E-state index is 16.4. The van der Waals surface area contributed by atoms with Crippen molar-refractivity contribution < 1.29 is 28.2 Å². The van der Waals surface area contributed by atoms with Crippen molar-refractivity contribution in [1.82, 2.24) is 31.2 Å². The Hall–Kier alpha value is -5.07. The van der Waals surface area contributed by atoms with Crippen molar-refractivity contribution in [3.8, 4) is 51.2 Å². The lowest BCUT2D eigenvalue weighted by Crippen LogP contribution is -2.35. The lowest BCUT2D eigenvalue weighted by Gasteiger charge is -2.17. The number of aromatic nitrogens is 2. The minimum atomic E-state index is -0.444. The van der Waals surface area contributed by atoms with E-state index in [1.807, 2.05) is 36.4 Å². The highest BCUT2D eigenvalue weighted by atomic mass is 19.1. The van der Waals surface area contributed by atoms with Gasteiger partial charge < -0.3 is 35.5 Å². The van der Waals surface area contributed by atoms with Gasteiger partial charge in [-0.2, -0.15) is 0 Å². The third kappa shape index (κ3) is 7.65. The van der Waals surface area contributed by atoms with Crippen LogP contribution in [0.5, 0.6) is 17.5 Å². The number of rotatable bonds is 14. The highest BCUT2D eigenvalue weighted by molar-refractivity contribution is 5.84. The number of carbonyl (C=O) groups is 2. The predicted octanol–water partition coefficient (Wildman–Crippen LogP) is 4.38. The molecule has 2 amide bonds. The summed E-state index contributed by atoms with van der Waals surface area (Å²) in [6.07, 6.45) is 2.73. The fourth-order valence-corrected chi connectivity index (χ4v) is 6.39. The number of carbonyl (C=O) groups excluding carboxylic acids is 2. The van der Waals surface area contributed by atoms with Gasteiger partial charge in [-0.3, -0.25) is 9.59 Å². The summed E-state index contributed by atoms with van der Waals surface area (Å²) in [6, 6.07) is 18.5. The molecule has 0 saturated carbocycles. The molecule has 2 aliphatic heterocycles. The van der Waals surface area contributed by atoms with Gasteiger partial charge in [0.2, 0.25) is 23.6 Å². The van der Waals surface area contributed by atoms with Crippen LogP contribution in [0.15, 0.2) is 60.7 Å². The zero-order valence-electron chi connectivity index (χ0n) is 27.9. The molecule has 256 valence electrons. The van der Waals surface area contributed by atoms with Gasteiger partial charge in [-0.15, -0.1) is 0 Å². The van der Waals surface area contributed by atoms with Crippen LogP contribution in [-0.4, -0.2) is 68.3 Å². The van der Waals surface area contributed by atoms with E-state index >= 15 is 4.39 Å². The van der Waals surface area contributed by atoms with Crippen molar-refractivity contribution in [3.63, 3.8) is 0 Å². The van der Waals surface area contributed by atoms with E-state index in [1.54, 1.807) is 45.6 Å². The van der Waals surface area contributed by atoms with Crippen LogP contribution in [0.1, 0.15) is 36.8 Å². The Bertz CT molecular complexity index is 1840. The van der Waals surface area contributed by atoms with Crippen molar-refractivity contribution >= 4 is 11.8 Å². The summed E-state index contributed by atoms with van der Waals surface area (Å²) in [5.41, 5.74) is 4.68. The quantitative estimate of drug-likeness (QED) is 0.154. The normalized spacial score (nSPS) is 17.1. The molecule has 0 unspecified atom stereocenters. The Morgan fingerprint density at radius 2 is 1.16 bits per heavy atom. The molecule has 2 aromatic carbocycles. The van der Waals surface area contributed by atoms with E-state index in [-0.39, 0.29) is 23.9 Å². The number of methoxy groups -OCH3 is 3. The molecule has 12 heteroatoms. The second kappa shape index (κ2) is 15.4. The van der Waals surface area contributed by atoms with E-state index in [0.717, 1.165) is 24.0 Å². The third-order valence-electron chi connectivity index (χ3n) is 8.91. The Labute approximate surface area is 285 Å². The number of pyridine rings is 2. The number of nitrogens with one attached hydrogen (secondary N) is 4. The van der Waals surface area contributed by atoms with Gasteiger partial charge in [0.05, 0.1) is 32.7 Å². The summed E-state index contributed by atoms with van der Waals surface area (Å²) in [5, 5.41) is 12.6. The molecule has 0 spiro atoms. The molecule has 2 fully saturated rings. The first-order chi connectivity index (χ1) is 23.9. The molecular weight excluding hydrogens is 627 g/mol. The van der Waals surface area contributed by atoms with E-state index in [1.165, 1.54) is 0 Å². The fraction of sp³-hybridized carbons (Fsp3) is 0.351. The van der Waals surface area contributed by atoms with Crippen molar-refractivity contribution in [1.29, 1.82) is 0 Å². The first kappa shape index (κ1) is 33.8. The van der Waals surface area contributed by atoms with E-state index in [2.05, 4.69) is 26.3 Å². The first-order valence-corrected chi connectivity index (χ1v) is 16.4. The molecule has 2 aliphatic rings. The van der Waals surface area contributed by atoms with Crippen molar-refractivity contribution in [2.75, 3.05) is 34.4 Å². The molecular formula is C37H41FN6O5. The number of para-hydroxylation sites is 1. The second-order valence-electron chi connectivity index (χ2n) is 12.2. The average molecular weight is 669 g/mol. The number of nitrogens with zero attached hydrogens (tertiary/aromatic N) is 2. The van der Waals surface area contributed by atoms with Crippen LogP contribution in [0.3, 0.4) is 0 Å². The fourth-order valence-electron chi connectivity index (χ4n) is 6.39. The SMILES string of the molecule is COc1nc(-c2cccc(-c3cccc(-c4ccc(CNC[C@@H]5CCC(=O)N5)c(OC)n4)c3OC)c2F)ccc1CNC[C@@H]1CCC(=O)N1. The number of halogens is 1. The van der Waals surface area contributed by atoms with E-state index < -0.39 is 5.82 Å². The summed E-state index contributed by atoms with van der Waals surface area (Å²) in [6.45, 7) is 2.31. The Morgan fingerprint density at radius 3 is 1.65 bits per heavy atom. The van der Waals surface area contributed by atoms with Crippen LogP contribution in [0.25, 0.3) is 33.6 Å². The molecule has 4 N–H and O–H groups in total. The van der Waals surface area contributed by atoms with Gasteiger partial charge in [0, 0.05) is 84.5 Å². The van der Waals surface area contributed by atoms with E-state index in [0.29, 0.717) is 90.2 Å². The van der Waals surface area contributed by atoms with E-state index in [4.69, 9.17) is 19.2 Å². The van der Waals surface area contributed by atoms with Crippen LogP contribution in [0.2, 0.25) is 0 Å². The molecule has 6 rings (SSSR count). The minimum absolute atomic E-state index is 0.0765. The highest BCUT2D eigenvalue weighted by Gasteiger charge is 2.23. The summed E-state index contributed by atoms with van der Waals surface area (Å²) >= 11 is 0. The first-order valence-electron chi connectivity index (χ1n) is 16.4. The number of amides is 2. The molecule has 49 heavy (non-hydrogen) atoms. The number of hydrogen-bond acceptors (Lipinski definition) is 9. The lowest BCUT2D eigenvalue weighted by molar-refractivity contribution is -0.120. The van der Waals surface area contributed by atoms with Gasteiger partial charge in [0.15, 0.2) is 0 Å². The summed E-state index contributed by atoms with van der Waals surface area (Å²) < 4.78 is 33.5. The third-order valence-corrected chi connectivity index (χ3v) is 8.91. The maximum Gasteiger partial charge on any atom is 0.220 e. The molecule has 2 saturated heterocycles. The number of hydrogen-bond donors (Lipinski definition) is 4. The monoisotopic (exact) mass is 668 g/mol. The summed E-state index contributed by atoms with van der Waals surface area (Å²) in [7, 11) is 4.67. The van der Waals surface area contributed by atoms with Crippen LogP contribution < -0.4 is 35.5 Å². The van der Waals surface area contributed by atoms with Gasteiger partial charge in [0.1, 0.15) is 11.6 Å². The van der Waals surface area contributed by atoms with Crippen LogP contribution in [0, 0.1) is 5.82 Å². The molecule has 2 aromatic heterocycles. The Morgan fingerprint density at radius 1 is 0.673 bits per heavy atom. The molecule has 4 heterocycles. The lowest BCUT2D eigenvalue weighted by atomic mass is 9.96. The zero-order valence-corrected chi connectivity index (χ0v) is 27.9. The zero-order chi connectivity index (χ0) is 34.3. The number of benzene rings is 2. The molecule has 0 radical (unpaired) electrons. The Kier molecular flexibility index (Phi) is 10.7. The smallest absolute Gasteiger partial charge is 0.220 e. The largest absolute Gasteiger partial charge is 0.495 e. The van der Waals surface area contributed by atoms with Gasteiger partial charge in [-0.05, 0) is 37.1 Å². The van der Waals surface area contributed by atoms with E-state index in [9.17, 15) is 9.59 Å². The second-order valence-corrected chi connectivity index (χ2v) is 12.2. The van der Waals surface area contributed by atoms with Gasteiger partial charge in [-0.1, -0.05) is 36.4 Å². The molecule has 2 atom stereocenters. The van der Waals surface area contributed by atoms with Crippen LogP contribution in [0.4, 0.5) is 4.39 Å². The summed E-state index contributed by atoms with van der Waals surface area (Å²) in [4.78, 5) is 32.4.